The fourth-order valence-electron chi connectivity index (χ4n) is 1.52. The van der Waals surface area contributed by atoms with E-state index in [1.54, 1.807) is 11.8 Å². The monoisotopic (exact) mass is 316 g/mol. The fraction of sp³-hybridized carbons (Fsp3) is 0.385. The van der Waals surface area contributed by atoms with Gasteiger partial charge in [-0.15, -0.1) is 0 Å². The van der Waals surface area contributed by atoms with Crippen molar-refractivity contribution in [1.29, 1.82) is 0 Å². The van der Waals surface area contributed by atoms with E-state index in [0.717, 1.165) is 12.3 Å². The lowest BCUT2D eigenvalue weighted by molar-refractivity contribution is -0.117. The Hall–Kier alpha value is -1.24. The van der Waals surface area contributed by atoms with E-state index in [-0.39, 0.29) is 18.0 Å². The highest BCUT2D eigenvalue weighted by atomic mass is 35.5. The molecule has 0 bridgehead atoms. The summed E-state index contributed by atoms with van der Waals surface area (Å²) in [5.41, 5.74) is 0.398. The summed E-state index contributed by atoms with van der Waals surface area (Å²) in [4.78, 5) is 24.6. The predicted molar refractivity (Wildman–Crippen MR) is 82.9 cm³/mol. The smallest absolute Gasteiger partial charge is 0.335 e. The highest BCUT2D eigenvalue weighted by Crippen LogP contribution is 2.23. The van der Waals surface area contributed by atoms with Gasteiger partial charge in [0.15, 0.2) is 0 Å². The first-order chi connectivity index (χ1) is 9.43. The molecule has 0 radical (unpaired) electrons. The number of carboxylic acids is 1. The Morgan fingerprint density at radius 2 is 2.15 bits per heavy atom. The summed E-state index contributed by atoms with van der Waals surface area (Å²) in [6, 6.07) is 4.20. The number of benzene rings is 1. The minimum Gasteiger partial charge on any atom is -0.478 e. The quantitative estimate of drug-likeness (QED) is 0.807. The molecule has 0 unspecified atom stereocenters. The number of hydrogen-bond acceptors (Lipinski definition) is 4. The number of anilines is 1. The number of hydrogen-bond donors (Lipinski definition) is 2. The Kier molecular flexibility index (Phi) is 6.84. The molecule has 0 saturated heterocycles. The molecule has 1 aromatic carbocycles. The number of likely N-dealkylation sites (N-methyl/N-ethyl adjacent to an activating group) is 1. The second-order valence-electron chi connectivity index (χ2n) is 4.28. The number of carbonyl (C=O) groups is 2. The van der Waals surface area contributed by atoms with Crippen LogP contribution in [-0.4, -0.2) is 54.0 Å². The number of aromatic carboxylic acids is 1. The molecule has 0 aliphatic rings. The molecular weight excluding hydrogens is 300 g/mol. The average molecular weight is 317 g/mol. The first kappa shape index (κ1) is 16.8. The van der Waals surface area contributed by atoms with Gasteiger partial charge >= 0.3 is 5.97 Å². The predicted octanol–water partition coefficient (Wildman–Crippen LogP) is 2.27. The number of nitrogens with zero attached hydrogens (tertiary/aromatic N) is 1. The highest BCUT2D eigenvalue weighted by molar-refractivity contribution is 7.98. The van der Waals surface area contributed by atoms with Crippen LogP contribution in [0.15, 0.2) is 18.2 Å². The molecule has 20 heavy (non-hydrogen) atoms. The summed E-state index contributed by atoms with van der Waals surface area (Å²) in [6.07, 6.45) is 2.01. The van der Waals surface area contributed by atoms with Gasteiger partial charge in [0.2, 0.25) is 5.91 Å². The van der Waals surface area contributed by atoms with Gasteiger partial charge < -0.3 is 10.4 Å². The summed E-state index contributed by atoms with van der Waals surface area (Å²) < 4.78 is 0. The second kappa shape index (κ2) is 8.14. The second-order valence-corrected chi connectivity index (χ2v) is 5.67. The fourth-order valence-corrected chi connectivity index (χ4v) is 2.17. The van der Waals surface area contributed by atoms with Crippen LogP contribution in [0.2, 0.25) is 5.02 Å². The maximum absolute atomic E-state index is 11.9. The van der Waals surface area contributed by atoms with Crippen molar-refractivity contribution in [3.63, 3.8) is 0 Å². The molecule has 0 heterocycles. The number of rotatable bonds is 7. The van der Waals surface area contributed by atoms with Crippen molar-refractivity contribution in [2.24, 2.45) is 0 Å². The van der Waals surface area contributed by atoms with Crippen LogP contribution in [0, 0.1) is 0 Å². The molecule has 0 spiro atoms. The maximum Gasteiger partial charge on any atom is 0.335 e. The van der Waals surface area contributed by atoms with E-state index < -0.39 is 5.97 Å². The lowest BCUT2D eigenvalue weighted by Crippen LogP contribution is -2.31. The van der Waals surface area contributed by atoms with Crippen molar-refractivity contribution < 1.29 is 14.7 Å². The van der Waals surface area contributed by atoms with E-state index in [9.17, 15) is 9.59 Å². The zero-order valence-corrected chi connectivity index (χ0v) is 12.9. The van der Waals surface area contributed by atoms with E-state index in [1.165, 1.54) is 18.2 Å². The van der Waals surface area contributed by atoms with Gasteiger partial charge in [-0.25, -0.2) is 4.79 Å². The van der Waals surface area contributed by atoms with E-state index in [2.05, 4.69) is 5.32 Å². The third-order valence-electron chi connectivity index (χ3n) is 2.58. The van der Waals surface area contributed by atoms with Crippen LogP contribution in [0.3, 0.4) is 0 Å². The first-order valence-electron chi connectivity index (χ1n) is 5.94. The Morgan fingerprint density at radius 1 is 1.45 bits per heavy atom. The first-order valence-corrected chi connectivity index (χ1v) is 7.71. The van der Waals surface area contributed by atoms with Gasteiger partial charge in [0, 0.05) is 12.3 Å². The molecule has 5 nitrogen and oxygen atoms in total. The maximum atomic E-state index is 11.9. The van der Waals surface area contributed by atoms with Crippen LogP contribution in [0.5, 0.6) is 0 Å². The summed E-state index contributed by atoms with van der Waals surface area (Å²) in [6.45, 7) is 1.03. The third kappa shape index (κ3) is 5.40. The molecule has 1 aromatic rings. The zero-order chi connectivity index (χ0) is 15.1. The van der Waals surface area contributed by atoms with Gasteiger partial charge in [-0.3, -0.25) is 9.69 Å². The van der Waals surface area contributed by atoms with Gasteiger partial charge in [0.05, 0.1) is 22.8 Å². The molecule has 0 aliphatic heterocycles. The van der Waals surface area contributed by atoms with Crippen LogP contribution in [0.25, 0.3) is 0 Å². The molecule has 0 aliphatic carbocycles. The third-order valence-corrected chi connectivity index (χ3v) is 3.50. The van der Waals surface area contributed by atoms with Crippen LogP contribution >= 0.6 is 23.4 Å². The van der Waals surface area contributed by atoms with Crippen molar-refractivity contribution in [3.8, 4) is 0 Å². The summed E-state index contributed by atoms with van der Waals surface area (Å²) >= 11 is 7.65. The lowest BCUT2D eigenvalue weighted by Gasteiger charge is -2.16. The summed E-state index contributed by atoms with van der Waals surface area (Å²) in [5.74, 6) is -0.341. The number of halogens is 1. The molecule has 7 heteroatoms. The zero-order valence-electron chi connectivity index (χ0n) is 11.4. The number of carbonyl (C=O) groups excluding carboxylic acids is 1. The molecule has 0 saturated carbocycles. The molecule has 1 rings (SSSR count). The van der Waals surface area contributed by atoms with Crippen molar-refractivity contribution in [1.82, 2.24) is 4.90 Å². The van der Waals surface area contributed by atoms with Gasteiger partial charge in [-0.05, 0) is 31.5 Å². The van der Waals surface area contributed by atoms with Gasteiger partial charge in [0.25, 0.3) is 0 Å². The standard InChI is InChI=1S/C13H17ClN2O3S/c1-16(5-6-20-2)8-12(17)15-11-7-9(13(18)19)3-4-10(11)14/h3-4,7H,5-6,8H2,1-2H3,(H,15,17)(H,18,19). The van der Waals surface area contributed by atoms with E-state index >= 15 is 0 Å². The topological polar surface area (TPSA) is 69.6 Å². The number of nitrogens with one attached hydrogen (secondary N) is 1. The summed E-state index contributed by atoms with van der Waals surface area (Å²) in [7, 11) is 1.85. The minimum absolute atomic E-state index is 0.0837. The lowest BCUT2D eigenvalue weighted by atomic mass is 10.2. The minimum atomic E-state index is -1.06. The molecule has 2 N–H and O–H groups in total. The van der Waals surface area contributed by atoms with Gasteiger partial charge in [-0.1, -0.05) is 11.6 Å². The Morgan fingerprint density at radius 3 is 2.75 bits per heavy atom. The van der Waals surface area contributed by atoms with Crippen LogP contribution in [0.1, 0.15) is 10.4 Å². The molecule has 0 aromatic heterocycles. The molecule has 1 amide bonds. The number of thioether (sulfide) groups is 1. The van der Waals surface area contributed by atoms with Crippen molar-refractivity contribution >= 4 is 40.9 Å². The largest absolute Gasteiger partial charge is 0.478 e. The Labute approximate surface area is 127 Å². The molecule has 110 valence electrons. The van der Waals surface area contributed by atoms with Crippen LogP contribution in [-0.2, 0) is 4.79 Å². The average Bonchev–Trinajstić information content (AvgIpc) is 2.38. The van der Waals surface area contributed by atoms with Gasteiger partial charge in [0.1, 0.15) is 0 Å². The highest BCUT2D eigenvalue weighted by Gasteiger charge is 2.11. The van der Waals surface area contributed by atoms with Gasteiger partial charge in [-0.2, -0.15) is 11.8 Å². The van der Waals surface area contributed by atoms with E-state index in [0.29, 0.717) is 10.7 Å². The van der Waals surface area contributed by atoms with Crippen LogP contribution < -0.4 is 5.32 Å². The Balaban J connectivity index is 2.65. The van der Waals surface area contributed by atoms with E-state index in [1.807, 2.05) is 18.2 Å². The molecular formula is C13H17ClN2O3S. The SMILES string of the molecule is CSCCN(C)CC(=O)Nc1cc(C(=O)O)ccc1Cl. The normalized spacial score (nSPS) is 10.6. The summed E-state index contributed by atoms with van der Waals surface area (Å²) in [5, 5.41) is 11.9. The van der Waals surface area contributed by atoms with Crippen molar-refractivity contribution in [2.75, 3.05) is 37.5 Å². The van der Waals surface area contributed by atoms with Crippen molar-refractivity contribution in [3.05, 3.63) is 28.8 Å². The van der Waals surface area contributed by atoms with Crippen molar-refractivity contribution in [2.45, 2.75) is 0 Å². The Bertz CT molecular complexity index is 497. The number of amides is 1. The molecule has 0 fully saturated rings. The number of carboxylic acid groups (broad SMARTS) is 1. The molecule has 0 atom stereocenters. The van der Waals surface area contributed by atoms with E-state index in [4.69, 9.17) is 16.7 Å². The van der Waals surface area contributed by atoms with Crippen LogP contribution in [0.4, 0.5) is 5.69 Å².